The fourth-order valence-corrected chi connectivity index (χ4v) is 4.39. The van der Waals surface area contributed by atoms with Crippen molar-refractivity contribution in [1.82, 2.24) is 5.32 Å². The predicted octanol–water partition coefficient (Wildman–Crippen LogP) is 1.02. The summed E-state index contributed by atoms with van der Waals surface area (Å²) < 4.78 is 23.9. The molecule has 1 unspecified atom stereocenters. The number of benzene rings is 1. The number of aliphatic hydroxyl groups is 1. The second kappa shape index (κ2) is 4.33. The van der Waals surface area contributed by atoms with Crippen LogP contribution in [-0.2, 0) is 9.84 Å². The van der Waals surface area contributed by atoms with E-state index in [0.29, 0.717) is 17.4 Å². The number of fused-ring (bicyclic) bond motifs is 1. The van der Waals surface area contributed by atoms with Gasteiger partial charge in [-0.25, -0.2) is 8.42 Å². The highest BCUT2D eigenvalue weighted by molar-refractivity contribution is 7.91. The van der Waals surface area contributed by atoms with E-state index >= 15 is 0 Å². The Morgan fingerprint density at radius 2 is 1.94 bits per heavy atom. The molecular formula is C13H17NO3S. The summed E-state index contributed by atoms with van der Waals surface area (Å²) in [6, 6.07) is 7.64. The molecule has 1 aromatic rings. The van der Waals surface area contributed by atoms with Crippen LogP contribution in [0.3, 0.4) is 0 Å². The minimum absolute atomic E-state index is 0.0993. The Bertz CT molecular complexity index is 549. The second-order valence-electron chi connectivity index (χ2n) is 5.19. The molecule has 1 aliphatic heterocycles. The molecule has 3 rings (SSSR count). The second-order valence-corrected chi connectivity index (χ2v) is 7.26. The van der Waals surface area contributed by atoms with Crippen LogP contribution < -0.4 is 5.32 Å². The number of hydrogen-bond acceptors (Lipinski definition) is 4. The van der Waals surface area contributed by atoms with Crippen molar-refractivity contribution in [3.8, 4) is 0 Å². The maximum Gasteiger partial charge on any atom is 0.178 e. The lowest BCUT2D eigenvalue weighted by atomic mass is 9.88. The highest BCUT2D eigenvalue weighted by Gasteiger charge is 2.34. The summed E-state index contributed by atoms with van der Waals surface area (Å²) in [5.74, 6) is 0.205. The molecule has 1 fully saturated rings. The zero-order valence-electron chi connectivity index (χ0n) is 10.0. The number of hydrogen-bond donors (Lipinski definition) is 2. The molecule has 18 heavy (non-hydrogen) atoms. The lowest BCUT2D eigenvalue weighted by Gasteiger charge is -2.37. The normalized spacial score (nSPS) is 33.5. The number of aliphatic hydroxyl groups excluding tert-OH is 1. The van der Waals surface area contributed by atoms with E-state index in [1.54, 1.807) is 12.1 Å². The highest BCUT2D eigenvalue weighted by atomic mass is 32.2. The van der Waals surface area contributed by atoms with Crippen LogP contribution in [0.5, 0.6) is 0 Å². The first kappa shape index (κ1) is 12.1. The first-order valence-electron chi connectivity index (χ1n) is 6.32. The van der Waals surface area contributed by atoms with E-state index in [-0.39, 0.29) is 17.9 Å². The van der Waals surface area contributed by atoms with E-state index < -0.39 is 9.84 Å². The fourth-order valence-electron chi connectivity index (χ4n) is 2.77. The minimum Gasteiger partial charge on any atom is -0.393 e. The van der Waals surface area contributed by atoms with Crippen molar-refractivity contribution in [2.24, 2.45) is 0 Å². The zero-order chi connectivity index (χ0) is 12.8. The molecule has 1 saturated carbocycles. The summed E-state index contributed by atoms with van der Waals surface area (Å²) >= 11 is 0. The van der Waals surface area contributed by atoms with E-state index in [9.17, 15) is 13.5 Å². The standard InChI is InChI=1S/C13H17NO3S/c15-10-7-9(8-10)14-12-5-6-18(16,17)13-4-2-1-3-11(12)13/h1-4,9-10,12,14-15H,5-8H2. The summed E-state index contributed by atoms with van der Waals surface area (Å²) in [6.45, 7) is 0. The molecule has 0 amide bonds. The van der Waals surface area contributed by atoms with Gasteiger partial charge in [0, 0.05) is 12.1 Å². The van der Waals surface area contributed by atoms with Crippen LogP contribution >= 0.6 is 0 Å². The zero-order valence-corrected chi connectivity index (χ0v) is 10.9. The molecule has 0 radical (unpaired) electrons. The number of rotatable bonds is 2. The Balaban J connectivity index is 1.85. The van der Waals surface area contributed by atoms with Gasteiger partial charge in [0.2, 0.25) is 0 Å². The van der Waals surface area contributed by atoms with Gasteiger partial charge in [0.15, 0.2) is 9.84 Å². The van der Waals surface area contributed by atoms with Crippen LogP contribution in [0, 0.1) is 0 Å². The summed E-state index contributed by atoms with van der Waals surface area (Å²) in [6.07, 6.45) is 1.97. The molecular weight excluding hydrogens is 250 g/mol. The number of nitrogens with one attached hydrogen (secondary N) is 1. The maximum absolute atomic E-state index is 12.0. The third-order valence-electron chi connectivity index (χ3n) is 3.85. The summed E-state index contributed by atoms with van der Waals surface area (Å²) in [5.41, 5.74) is 0.880. The number of sulfone groups is 1. The van der Waals surface area contributed by atoms with Crippen molar-refractivity contribution in [3.05, 3.63) is 29.8 Å². The van der Waals surface area contributed by atoms with Gasteiger partial charge < -0.3 is 10.4 Å². The van der Waals surface area contributed by atoms with Gasteiger partial charge >= 0.3 is 0 Å². The molecule has 0 aromatic heterocycles. The van der Waals surface area contributed by atoms with E-state index in [4.69, 9.17) is 0 Å². The topological polar surface area (TPSA) is 66.4 Å². The minimum atomic E-state index is -3.10. The van der Waals surface area contributed by atoms with Crippen LogP contribution in [0.2, 0.25) is 0 Å². The largest absolute Gasteiger partial charge is 0.393 e. The smallest absolute Gasteiger partial charge is 0.178 e. The Labute approximate surface area is 107 Å². The summed E-state index contributed by atoms with van der Waals surface area (Å²) in [5, 5.41) is 12.7. The van der Waals surface area contributed by atoms with Gasteiger partial charge in [-0.05, 0) is 30.9 Å². The van der Waals surface area contributed by atoms with Crippen LogP contribution in [0.15, 0.2) is 29.2 Å². The van der Waals surface area contributed by atoms with E-state index in [1.807, 2.05) is 12.1 Å². The molecule has 0 saturated heterocycles. The molecule has 1 aliphatic carbocycles. The third-order valence-corrected chi connectivity index (χ3v) is 5.67. The molecule has 2 aliphatic rings. The highest BCUT2D eigenvalue weighted by Crippen LogP contribution is 2.34. The van der Waals surface area contributed by atoms with Crippen LogP contribution in [0.4, 0.5) is 0 Å². The van der Waals surface area contributed by atoms with Crippen LogP contribution in [0.1, 0.15) is 30.9 Å². The lowest BCUT2D eigenvalue weighted by molar-refractivity contribution is 0.0571. The van der Waals surface area contributed by atoms with Gasteiger partial charge in [0.1, 0.15) is 0 Å². The van der Waals surface area contributed by atoms with Crippen LogP contribution in [0.25, 0.3) is 0 Å². The third kappa shape index (κ3) is 2.06. The molecule has 1 heterocycles. The predicted molar refractivity (Wildman–Crippen MR) is 68.0 cm³/mol. The molecule has 98 valence electrons. The van der Waals surface area contributed by atoms with E-state index in [0.717, 1.165) is 18.4 Å². The molecule has 1 atom stereocenters. The van der Waals surface area contributed by atoms with Crippen molar-refractivity contribution >= 4 is 9.84 Å². The quantitative estimate of drug-likeness (QED) is 0.839. The average Bonchev–Trinajstić information content (AvgIpc) is 2.31. The van der Waals surface area contributed by atoms with Gasteiger partial charge in [0.25, 0.3) is 0 Å². The fraction of sp³-hybridized carbons (Fsp3) is 0.538. The van der Waals surface area contributed by atoms with Crippen molar-refractivity contribution < 1.29 is 13.5 Å². The molecule has 4 nitrogen and oxygen atoms in total. The maximum atomic E-state index is 12.0. The van der Waals surface area contributed by atoms with Gasteiger partial charge in [-0.2, -0.15) is 0 Å². The van der Waals surface area contributed by atoms with Crippen molar-refractivity contribution in [3.63, 3.8) is 0 Å². The molecule has 5 heteroatoms. The average molecular weight is 267 g/mol. The molecule has 1 aromatic carbocycles. The van der Waals surface area contributed by atoms with Gasteiger partial charge in [0.05, 0.1) is 16.8 Å². The van der Waals surface area contributed by atoms with Crippen molar-refractivity contribution in [2.45, 2.75) is 42.3 Å². The van der Waals surface area contributed by atoms with Gasteiger partial charge in [-0.1, -0.05) is 18.2 Å². The Hall–Kier alpha value is -0.910. The van der Waals surface area contributed by atoms with Gasteiger partial charge in [-0.15, -0.1) is 0 Å². The van der Waals surface area contributed by atoms with Gasteiger partial charge in [-0.3, -0.25) is 0 Å². The lowest BCUT2D eigenvalue weighted by Crippen LogP contribution is -2.46. The summed E-state index contributed by atoms with van der Waals surface area (Å²) in [7, 11) is -3.10. The molecule has 0 spiro atoms. The Morgan fingerprint density at radius 1 is 1.22 bits per heavy atom. The molecule has 2 N–H and O–H groups in total. The molecule has 0 bridgehead atoms. The first-order chi connectivity index (χ1) is 8.56. The van der Waals surface area contributed by atoms with Crippen molar-refractivity contribution in [2.75, 3.05) is 5.75 Å². The van der Waals surface area contributed by atoms with Crippen LogP contribution in [-0.4, -0.2) is 31.4 Å². The monoisotopic (exact) mass is 267 g/mol. The Morgan fingerprint density at radius 3 is 2.67 bits per heavy atom. The van der Waals surface area contributed by atoms with E-state index in [1.165, 1.54) is 0 Å². The van der Waals surface area contributed by atoms with E-state index in [2.05, 4.69) is 5.32 Å². The Kier molecular flexibility index (Phi) is 2.92. The SMILES string of the molecule is O=S1(=O)CCC(NC2CC(O)C2)c2ccccc21. The summed E-state index contributed by atoms with van der Waals surface area (Å²) in [4.78, 5) is 0.466. The first-order valence-corrected chi connectivity index (χ1v) is 7.97. The van der Waals surface area contributed by atoms with Crippen molar-refractivity contribution in [1.29, 1.82) is 0 Å².